The number of carbonyl (C=O) groups is 7. The molecule has 21 heteroatoms. The van der Waals surface area contributed by atoms with Gasteiger partial charge in [0.2, 0.25) is 0 Å². The molecule has 8 rings (SSSR count). The SMILES string of the molecule is CC(=O)OC[C@H]1OC(O[C@H]2C[C@@H]3[C@]4(CC[C@]5(C)[C@@H]([C@@]6(C)CC[C@@H](C(C)(C)O)O6)[C@@H](O)C[C@@]35C)C[C@@]43CCC(O[C@@H]4OC[C@@H](OC(C)=O)[C@H](OC(C)=O)[C@H]4OC(C)=O)C(C)(C)[C@H]23)[C@H](OC(C)=O)[C@@H](OC(C)=O)[C@@H]1OC(C)=O. The fourth-order valence-corrected chi connectivity index (χ4v) is 16.9. The number of fused-ring (bicyclic) bond motifs is 2. The first-order chi connectivity index (χ1) is 35.2. The maximum absolute atomic E-state index is 13.1. The van der Waals surface area contributed by atoms with Crippen molar-refractivity contribution < 1.29 is 101 Å². The predicted octanol–water partition coefficient (Wildman–Crippen LogP) is 4.72. The highest BCUT2D eigenvalue weighted by Gasteiger charge is 2.85. The molecule has 3 heterocycles. The van der Waals surface area contributed by atoms with Crippen LogP contribution < -0.4 is 0 Å². The molecule has 21 atom stereocenters. The summed E-state index contributed by atoms with van der Waals surface area (Å²) in [5, 5.41) is 23.7. The van der Waals surface area contributed by atoms with E-state index in [2.05, 4.69) is 34.6 Å². The van der Waals surface area contributed by atoms with Crippen LogP contribution in [0.1, 0.15) is 155 Å². The molecule has 0 bridgehead atoms. The second-order valence-electron chi connectivity index (χ2n) is 25.2. The van der Waals surface area contributed by atoms with Gasteiger partial charge in [0.1, 0.15) is 12.7 Å². The van der Waals surface area contributed by atoms with Crippen molar-refractivity contribution in [1.29, 1.82) is 0 Å². The molecule has 3 saturated heterocycles. The van der Waals surface area contributed by atoms with E-state index in [0.717, 1.165) is 33.1 Å². The van der Waals surface area contributed by atoms with Gasteiger partial charge in [0, 0.05) is 54.4 Å². The van der Waals surface area contributed by atoms with Crippen molar-refractivity contribution in [3.05, 3.63) is 0 Å². The number of hydrogen-bond donors (Lipinski definition) is 2. The van der Waals surface area contributed by atoms with Gasteiger partial charge >= 0.3 is 41.8 Å². The van der Waals surface area contributed by atoms with E-state index in [1.54, 1.807) is 13.8 Å². The first-order valence-electron chi connectivity index (χ1n) is 27.1. The molecule has 0 aromatic carbocycles. The number of hydrogen-bond acceptors (Lipinski definition) is 21. The number of carbonyl (C=O) groups excluding carboxylic acids is 7. The molecule has 428 valence electrons. The maximum Gasteiger partial charge on any atom is 0.303 e. The standard InChI is InChI=1S/C55H82O21/c1-26(56)65-23-36-40(68-28(3)58)42(70-30(5)60)44(72-32(7)62)48(74-36)73-34-21-37-52(13)22-33(63)45(53(14)17-15-39(76-53)50(10,11)64)51(52,12)19-20-54(37)25-55(54)18-16-38(49(8,9)46(34)55)75-47-43(71-31(6)61)41(69-29(4)59)35(24-66-47)67-27(2)57/h33-48,63-64H,15-25H2,1-14H3/t33-,34-,35+,36+,37-,38?,39-,40+,41-,42-,43+,44+,45-,46-,47-,48?,51+,52-,53+,54-,55+/m0/s1. The Morgan fingerprint density at radius 1 is 0.592 bits per heavy atom. The Bertz CT molecular complexity index is 2280. The summed E-state index contributed by atoms with van der Waals surface area (Å²) in [6.45, 7) is 21.9. The van der Waals surface area contributed by atoms with Gasteiger partial charge in [-0.05, 0) is 117 Å². The molecule has 8 aliphatic rings. The Morgan fingerprint density at radius 2 is 1.16 bits per heavy atom. The zero-order valence-corrected chi connectivity index (χ0v) is 46.7. The van der Waals surface area contributed by atoms with Crippen LogP contribution in [0, 0.1) is 44.8 Å². The highest BCUT2D eigenvalue weighted by molar-refractivity contribution is 5.69. The fourth-order valence-electron chi connectivity index (χ4n) is 16.9. The second-order valence-corrected chi connectivity index (χ2v) is 25.2. The molecule has 3 aliphatic heterocycles. The second kappa shape index (κ2) is 20.6. The lowest BCUT2D eigenvalue weighted by molar-refractivity contribution is -0.341. The molecule has 5 saturated carbocycles. The zero-order valence-electron chi connectivity index (χ0n) is 46.7. The molecule has 0 amide bonds. The first kappa shape index (κ1) is 58.2. The predicted molar refractivity (Wildman–Crippen MR) is 261 cm³/mol. The van der Waals surface area contributed by atoms with Crippen LogP contribution in [0.3, 0.4) is 0 Å². The van der Waals surface area contributed by atoms with Crippen LogP contribution in [0.4, 0.5) is 0 Å². The molecule has 0 aromatic rings. The van der Waals surface area contributed by atoms with Gasteiger partial charge < -0.3 is 67.1 Å². The van der Waals surface area contributed by atoms with Crippen LogP contribution in [0.15, 0.2) is 0 Å². The van der Waals surface area contributed by atoms with Crippen LogP contribution in [-0.4, -0.2) is 156 Å². The third-order valence-electron chi connectivity index (χ3n) is 19.6. The zero-order chi connectivity index (χ0) is 56.0. The van der Waals surface area contributed by atoms with Gasteiger partial charge in [-0.25, -0.2) is 0 Å². The van der Waals surface area contributed by atoms with E-state index in [1.165, 1.54) is 34.6 Å². The lowest BCUT2D eigenvalue weighted by atomic mass is 9.41. The van der Waals surface area contributed by atoms with Gasteiger partial charge in [-0.3, -0.25) is 33.6 Å². The van der Waals surface area contributed by atoms with E-state index in [9.17, 15) is 43.8 Å². The van der Waals surface area contributed by atoms with Crippen molar-refractivity contribution in [2.45, 2.75) is 246 Å². The lowest BCUT2D eigenvalue weighted by Gasteiger charge is -2.65. The van der Waals surface area contributed by atoms with Crippen LogP contribution in [-0.2, 0) is 90.4 Å². The molecule has 0 radical (unpaired) electrons. The average Bonchev–Trinajstić information content (AvgIpc) is 3.71. The molecule has 5 aliphatic carbocycles. The van der Waals surface area contributed by atoms with E-state index >= 15 is 0 Å². The van der Waals surface area contributed by atoms with Gasteiger partial charge in [-0.15, -0.1) is 0 Å². The maximum atomic E-state index is 13.1. The minimum Gasteiger partial charge on any atom is -0.463 e. The Labute approximate surface area is 444 Å². The van der Waals surface area contributed by atoms with Gasteiger partial charge in [-0.1, -0.05) is 27.7 Å². The molecular weight excluding hydrogens is 997 g/mol. The largest absolute Gasteiger partial charge is 0.463 e. The number of aliphatic hydroxyl groups is 2. The summed E-state index contributed by atoms with van der Waals surface area (Å²) in [6, 6.07) is 0. The average molecular weight is 1080 g/mol. The molecule has 0 aromatic heterocycles. The quantitative estimate of drug-likeness (QED) is 0.135. The Kier molecular flexibility index (Phi) is 15.8. The van der Waals surface area contributed by atoms with E-state index in [1.807, 2.05) is 0 Å². The molecule has 2 unspecified atom stereocenters. The topological polar surface area (TPSA) is 271 Å². The first-order valence-corrected chi connectivity index (χ1v) is 27.1. The summed E-state index contributed by atoms with van der Waals surface area (Å²) >= 11 is 0. The lowest BCUT2D eigenvalue weighted by Crippen LogP contribution is -2.66. The highest BCUT2D eigenvalue weighted by Crippen LogP contribution is 2.89. The third-order valence-corrected chi connectivity index (χ3v) is 19.6. The van der Waals surface area contributed by atoms with Crippen molar-refractivity contribution in [3.8, 4) is 0 Å². The number of aliphatic hydroxyl groups excluding tert-OH is 1. The minimum absolute atomic E-state index is 0.0635. The summed E-state index contributed by atoms with van der Waals surface area (Å²) in [5.74, 6) is -5.81. The molecular formula is C55H82O21. The summed E-state index contributed by atoms with van der Waals surface area (Å²) in [6.07, 6.45) is -8.95. The van der Waals surface area contributed by atoms with Crippen molar-refractivity contribution >= 4 is 41.8 Å². The van der Waals surface area contributed by atoms with Crippen molar-refractivity contribution in [2.75, 3.05) is 13.2 Å². The van der Waals surface area contributed by atoms with E-state index < -0.39 is 161 Å². The number of esters is 7. The smallest absolute Gasteiger partial charge is 0.303 e. The van der Waals surface area contributed by atoms with Gasteiger partial charge in [0.15, 0.2) is 49.2 Å². The third kappa shape index (κ3) is 10.2. The number of rotatable bonds is 14. The Balaban J connectivity index is 1.22. The normalized spacial score (nSPS) is 45.1. The Hall–Kier alpha value is -3.99. The summed E-state index contributed by atoms with van der Waals surface area (Å²) in [4.78, 5) is 88.6. The van der Waals surface area contributed by atoms with Gasteiger partial charge in [0.25, 0.3) is 0 Å². The Morgan fingerprint density at radius 3 is 1.72 bits per heavy atom. The highest BCUT2D eigenvalue weighted by atomic mass is 16.7. The minimum atomic E-state index is -1.50. The van der Waals surface area contributed by atoms with E-state index in [4.69, 9.17) is 56.8 Å². The van der Waals surface area contributed by atoms with Crippen molar-refractivity contribution in [1.82, 2.24) is 0 Å². The molecule has 2 N–H and O–H groups in total. The molecule has 76 heavy (non-hydrogen) atoms. The van der Waals surface area contributed by atoms with Gasteiger partial charge in [-0.2, -0.15) is 0 Å². The van der Waals surface area contributed by atoms with E-state index in [0.29, 0.717) is 38.5 Å². The molecule has 2 spiro atoms. The number of ether oxygens (including phenoxy) is 12. The van der Waals surface area contributed by atoms with Crippen LogP contribution in [0.5, 0.6) is 0 Å². The summed E-state index contributed by atoms with van der Waals surface area (Å²) in [7, 11) is 0. The summed E-state index contributed by atoms with van der Waals surface area (Å²) < 4.78 is 74.1. The van der Waals surface area contributed by atoms with Crippen LogP contribution in [0.25, 0.3) is 0 Å². The van der Waals surface area contributed by atoms with Gasteiger partial charge in [0.05, 0.1) is 42.2 Å². The monoisotopic (exact) mass is 1080 g/mol. The van der Waals surface area contributed by atoms with Crippen molar-refractivity contribution in [2.24, 2.45) is 44.8 Å². The summed E-state index contributed by atoms with van der Waals surface area (Å²) in [5.41, 5.74) is -4.25. The molecule has 8 fully saturated rings. The molecule has 21 nitrogen and oxygen atoms in total. The van der Waals surface area contributed by atoms with Crippen LogP contribution >= 0.6 is 0 Å². The van der Waals surface area contributed by atoms with Crippen molar-refractivity contribution in [3.63, 3.8) is 0 Å². The van der Waals surface area contributed by atoms with Crippen LogP contribution in [0.2, 0.25) is 0 Å². The fraction of sp³-hybridized carbons (Fsp3) is 0.873. The van der Waals surface area contributed by atoms with E-state index in [-0.39, 0.29) is 29.8 Å².